The van der Waals surface area contributed by atoms with Gasteiger partial charge in [-0.25, -0.2) is 0 Å². The van der Waals surface area contributed by atoms with Gasteiger partial charge < -0.3 is 4.90 Å². The van der Waals surface area contributed by atoms with Crippen LogP contribution in [0.3, 0.4) is 0 Å². The Balaban J connectivity index is 2.30. The summed E-state index contributed by atoms with van der Waals surface area (Å²) >= 11 is 0. The summed E-state index contributed by atoms with van der Waals surface area (Å²) < 4.78 is 0. The molecule has 0 aliphatic carbocycles. The van der Waals surface area contributed by atoms with Crippen molar-refractivity contribution in [3.8, 4) is 0 Å². The number of aryl methyl sites for hydroxylation is 2. The van der Waals surface area contributed by atoms with Crippen molar-refractivity contribution in [3.05, 3.63) is 58.7 Å². The molecule has 0 N–H and O–H groups in total. The monoisotopic (exact) mass is 349 g/mol. The second kappa shape index (κ2) is 7.86. The van der Waals surface area contributed by atoms with Gasteiger partial charge in [0.2, 0.25) is 0 Å². The first-order valence-corrected chi connectivity index (χ1v) is 10.5. The quantitative estimate of drug-likeness (QED) is 0.545. The molecule has 0 saturated carbocycles. The molecule has 1 atom stereocenters. The topological polar surface area (TPSA) is 3.24 Å². The summed E-state index contributed by atoms with van der Waals surface area (Å²) in [7, 11) is 0. The predicted octanol–water partition coefficient (Wildman–Crippen LogP) is 7.36. The maximum absolute atomic E-state index is 2.63. The van der Waals surface area contributed by atoms with E-state index in [1.807, 2.05) is 0 Å². The Morgan fingerprint density at radius 2 is 1.58 bits per heavy atom. The lowest BCUT2D eigenvalue weighted by Gasteiger charge is -2.35. The highest BCUT2D eigenvalue weighted by Gasteiger charge is 2.28. The van der Waals surface area contributed by atoms with E-state index in [1.54, 1.807) is 5.56 Å². The van der Waals surface area contributed by atoms with Gasteiger partial charge in [0, 0.05) is 17.4 Å². The van der Waals surface area contributed by atoms with Gasteiger partial charge in [0.05, 0.1) is 0 Å². The van der Waals surface area contributed by atoms with Crippen molar-refractivity contribution in [3.63, 3.8) is 0 Å². The molecule has 1 unspecified atom stereocenters. The Morgan fingerprint density at radius 3 is 2.23 bits per heavy atom. The molecule has 26 heavy (non-hydrogen) atoms. The van der Waals surface area contributed by atoms with Crippen molar-refractivity contribution >= 4 is 11.4 Å². The summed E-state index contributed by atoms with van der Waals surface area (Å²) in [4.78, 5) is 2.63. The fourth-order valence-electron chi connectivity index (χ4n) is 4.64. The molecule has 2 aromatic rings. The van der Waals surface area contributed by atoms with E-state index in [9.17, 15) is 0 Å². The standard InChI is InChI=1S/C25H35N/c1-7-10-19(6)24-22(17(2)3)16-15-21-14-13-20-11-8-9-12-23(20)26(18(4)5)25(21)24/h8-9,11-12,15-19H,7,10,13-14H2,1-6H3. The maximum atomic E-state index is 2.63. The van der Waals surface area contributed by atoms with Gasteiger partial charge in [-0.15, -0.1) is 0 Å². The Morgan fingerprint density at radius 1 is 0.885 bits per heavy atom. The summed E-state index contributed by atoms with van der Waals surface area (Å²) in [6, 6.07) is 14.3. The smallest absolute Gasteiger partial charge is 0.0484 e. The number of benzene rings is 2. The summed E-state index contributed by atoms with van der Waals surface area (Å²) in [5, 5.41) is 0. The molecule has 0 bridgehead atoms. The third-order valence-electron chi connectivity index (χ3n) is 5.84. The van der Waals surface area contributed by atoms with Crippen LogP contribution in [0.1, 0.15) is 88.5 Å². The molecule has 1 aliphatic rings. The highest BCUT2D eigenvalue weighted by molar-refractivity contribution is 5.76. The zero-order chi connectivity index (χ0) is 18.8. The van der Waals surface area contributed by atoms with Crippen molar-refractivity contribution in [1.29, 1.82) is 0 Å². The van der Waals surface area contributed by atoms with E-state index in [1.165, 1.54) is 40.9 Å². The minimum atomic E-state index is 0.447. The van der Waals surface area contributed by atoms with Crippen LogP contribution in [0.4, 0.5) is 11.4 Å². The van der Waals surface area contributed by atoms with E-state index in [0.29, 0.717) is 17.9 Å². The van der Waals surface area contributed by atoms with Crippen LogP contribution in [0.5, 0.6) is 0 Å². The molecule has 1 heteroatoms. The molecule has 1 nitrogen and oxygen atoms in total. The number of hydrogen-bond acceptors (Lipinski definition) is 1. The number of hydrogen-bond donors (Lipinski definition) is 0. The van der Waals surface area contributed by atoms with Gasteiger partial charge in [0.1, 0.15) is 0 Å². The molecule has 2 aromatic carbocycles. The van der Waals surface area contributed by atoms with Gasteiger partial charge in [-0.2, -0.15) is 0 Å². The predicted molar refractivity (Wildman–Crippen MR) is 115 cm³/mol. The van der Waals surface area contributed by atoms with Gasteiger partial charge in [-0.1, -0.05) is 64.4 Å². The van der Waals surface area contributed by atoms with E-state index in [4.69, 9.17) is 0 Å². The average molecular weight is 350 g/mol. The molecule has 0 fully saturated rings. The van der Waals surface area contributed by atoms with Gasteiger partial charge >= 0.3 is 0 Å². The summed E-state index contributed by atoms with van der Waals surface area (Å²) in [5.74, 6) is 1.15. The molecule has 0 spiro atoms. The third kappa shape index (κ3) is 3.41. The van der Waals surface area contributed by atoms with Crippen LogP contribution in [0.2, 0.25) is 0 Å². The van der Waals surface area contributed by atoms with E-state index < -0.39 is 0 Å². The largest absolute Gasteiger partial charge is 0.338 e. The lowest BCUT2D eigenvalue weighted by Crippen LogP contribution is -2.28. The summed E-state index contributed by atoms with van der Waals surface area (Å²) in [5.41, 5.74) is 9.07. The number of fused-ring (bicyclic) bond motifs is 2. The van der Waals surface area contributed by atoms with Crippen LogP contribution in [-0.4, -0.2) is 6.04 Å². The fraction of sp³-hybridized carbons (Fsp3) is 0.520. The van der Waals surface area contributed by atoms with Crippen LogP contribution in [0, 0.1) is 0 Å². The van der Waals surface area contributed by atoms with Crippen molar-refractivity contribution in [2.75, 3.05) is 4.90 Å². The van der Waals surface area contributed by atoms with Crippen LogP contribution < -0.4 is 4.90 Å². The van der Waals surface area contributed by atoms with E-state index in [2.05, 4.69) is 82.8 Å². The third-order valence-corrected chi connectivity index (χ3v) is 5.84. The van der Waals surface area contributed by atoms with Crippen molar-refractivity contribution < 1.29 is 0 Å². The molecular weight excluding hydrogens is 314 g/mol. The van der Waals surface area contributed by atoms with E-state index in [-0.39, 0.29) is 0 Å². The Kier molecular flexibility index (Phi) is 5.75. The fourth-order valence-corrected chi connectivity index (χ4v) is 4.64. The Hall–Kier alpha value is -1.76. The van der Waals surface area contributed by atoms with Gasteiger partial charge in [-0.3, -0.25) is 0 Å². The summed E-state index contributed by atoms with van der Waals surface area (Å²) in [6.45, 7) is 14.1. The second-order valence-electron chi connectivity index (χ2n) is 8.51. The van der Waals surface area contributed by atoms with Crippen LogP contribution in [0.25, 0.3) is 0 Å². The van der Waals surface area contributed by atoms with Crippen molar-refractivity contribution in [2.45, 2.75) is 85.1 Å². The Labute approximate surface area is 160 Å². The number of nitrogens with zero attached hydrogens (tertiary/aromatic N) is 1. The molecule has 140 valence electrons. The molecule has 0 saturated heterocycles. The maximum Gasteiger partial charge on any atom is 0.0484 e. The molecule has 0 aromatic heterocycles. The van der Waals surface area contributed by atoms with E-state index in [0.717, 1.165) is 12.8 Å². The van der Waals surface area contributed by atoms with Crippen LogP contribution >= 0.6 is 0 Å². The minimum absolute atomic E-state index is 0.447. The molecule has 0 radical (unpaired) electrons. The highest BCUT2D eigenvalue weighted by atomic mass is 15.2. The van der Waals surface area contributed by atoms with Gasteiger partial charge in [0.15, 0.2) is 0 Å². The second-order valence-corrected chi connectivity index (χ2v) is 8.51. The van der Waals surface area contributed by atoms with Crippen LogP contribution in [0.15, 0.2) is 36.4 Å². The first-order valence-electron chi connectivity index (χ1n) is 10.5. The van der Waals surface area contributed by atoms with Gasteiger partial charge in [0.25, 0.3) is 0 Å². The Bertz CT molecular complexity index is 757. The molecule has 0 amide bonds. The first kappa shape index (κ1) is 19.0. The molecule has 3 rings (SSSR count). The highest BCUT2D eigenvalue weighted by Crippen LogP contribution is 2.45. The molecular formula is C25H35N. The zero-order valence-corrected chi connectivity index (χ0v) is 17.5. The zero-order valence-electron chi connectivity index (χ0n) is 17.5. The number of rotatable bonds is 5. The van der Waals surface area contributed by atoms with E-state index >= 15 is 0 Å². The molecule has 1 heterocycles. The van der Waals surface area contributed by atoms with Gasteiger partial charge in [-0.05, 0) is 73.3 Å². The molecule has 1 aliphatic heterocycles. The minimum Gasteiger partial charge on any atom is -0.338 e. The summed E-state index contributed by atoms with van der Waals surface area (Å²) in [6.07, 6.45) is 4.76. The average Bonchev–Trinajstić information content (AvgIpc) is 2.77. The normalized spacial score (nSPS) is 15.0. The van der Waals surface area contributed by atoms with Crippen molar-refractivity contribution in [2.24, 2.45) is 0 Å². The first-order chi connectivity index (χ1) is 12.5. The lowest BCUT2D eigenvalue weighted by atomic mass is 9.83. The number of para-hydroxylation sites is 1. The van der Waals surface area contributed by atoms with Crippen LogP contribution in [-0.2, 0) is 12.8 Å². The lowest BCUT2D eigenvalue weighted by molar-refractivity contribution is 0.645. The number of anilines is 2. The SMILES string of the molecule is CCCC(C)c1c(C(C)C)ccc2c1N(C(C)C)c1ccccc1CC2. The van der Waals surface area contributed by atoms with Crippen molar-refractivity contribution in [1.82, 2.24) is 0 Å².